The normalized spacial score (nSPS) is 15.7. The van der Waals surface area contributed by atoms with Crippen molar-refractivity contribution in [3.8, 4) is 0 Å². The molecule has 0 radical (unpaired) electrons. The third-order valence-electron chi connectivity index (χ3n) is 6.75. The zero-order valence-electron chi connectivity index (χ0n) is 23.9. The SMILES string of the molecule is CC(C)c1cnc2c(N(C(=O)OC(C)(C)C)c3cccc(F)c3)cc(NC3CCN(C(C)(C)C)CC3)nn12. The van der Waals surface area contributed by atoms with E-state index in [0.717, 1.165) is 31.6 Å². The minimum atomic E-state index is -0.743. The molecule has 38 heavy (non-hydrogen) atoms. The van der Waals surface area contributed by atoms with Crippen LogP contribution in [0.3, 0.4) is 0 Å². The number of halogens is 1. The summed E-state index contributed by atoms with van der Waals surface area (Å²) in [5.74, 6) is 0.336. The molecule has 0 bridgehead atoms. The van der Waals surface area contributed by atoms with E-state index in [9.17, 15) is 9.18 Å². The molecular weight excluding hydrogens is 483 g/mol. The molecule has 8 nitrogen and oxygen atoms in total. The number of carbonyl (C=O) groups excluding carboxylic acids is 1. The first-order valence-electron chi connectivity index (χ1n) is 13.4. The standard InChI is InChI=1S/C29H41FN6O2/c1-19(2)24-18-31-26-23(35(27(37)38-29(6,7)8)22-11-9-10-20(30)16-22)17-25(33-36(24)26)32-21-12-14-34(15-13-21)28(3,4)5/h9-11,16-19,21H,12-15H2,1-8H3,(H,32,33). The number of hydrogen-bond acceptors (Lipinski definition) is 6. The van der Waals surface area contributed by atoms with Gasteiger partial charge in [-0.2, -0.15) is 0 Å². The summed E-state index contributed by atoms with van der Waals surface area (Å²) in [6.45, 7) is 18.3. The minimum absolute atomic E-state index is 0.136. The minimum Gasteiger partial charge on any atom is -0.443 e. The quantitative estimate of drug-likeness (QED) is 0.398. The van der Waals surface area contributed by atoms with Gasteiger partial charge in [0.25, 0.3) is 0 Å². The summed E-state index contributed by atoms with van der Waals surface area (Å²) >= 11 is 0. The Labute approximate surface area is 225 Å². The van der Waals surface area contributed by atoms with E-state index in [2.05, 4.69) is 49.8 Å². The first-order valence-corrected chi connectivity index (χ1v) is 13.4. The number of rotatable bonds is 5. The highest BCUT2D eigenvalue weighted by atomic mass is 19.1. The summed E-state index contributed by atoms with van der Waals surface area (Å²) in [4.78, 5) is 22.1. The molecule has 9 heteroatoms. The van der Waals surface area contributed by atoms with Crippen LogP contribution in [0.1, 0.15) is 79.8 Å². The molecule has 0 atom stereocenters. The summed E-state index contributed by atoms with van der Waals surface area (Å²) < 4.78 is 21.9. The number of imidazole rings is 1. The second-order valence-corrected chi connectivity index (χ2v) is 12.4. The van der Waals surface area contributed by atoms with Gasteiger partial charge in [0.1, 0.15) is 22.9 Å². The molecule has 1 aliphatic rings. The maximum atomic E-state index is 14.3. The van der Waals surface area contributed by atoms with Crippen LogP contribution >= 0.6 is 0 Å². The highest BCUT2D eigenvalue weighted by Gasteiger charge is 2.30. The number of anilines is 3. The van der Waals surface area contributed by atoms with E-state index in [1.165, 1.54) is 17.0 Å². The average molecular weight is 525 g/mol. The van der Waals surface area contributed by atoms with Crippen molar-refractivity contribution in [1.29, 1.82) is 0 Å². The maximum Gasteiger partial charge on any atom is 0.419 e. The third-order valence-corrected chi connectivity index (χ3v) is 6.75. The number of nitrogens with zero attached hydrogens (tertiary/aromatic N) is 5. The fourth-order valence-corrected chi connectivity index (χ4v) is 4.77. The van der Waals surface area contributed by atoms with E-state index in [1.54, 1.807) is 43.6 Å². The van der Waals surface area contributed by atoms with Crippen LogP contribution in [0.5, 0.6) is 0 Å². The lowest BCUT2D eigenvalue weighted by molar-refractivity contribution is 0.0599. The molecule has 0 unspecified atom stereocenters. The van der Waals surface area contributed by atoms with Gasteiger partial charge >= 0.3 is 6.09 Å². The first kappa shape index (κ1) is 27.8. The topological polar surface area (TPSA) is 75.0 Å². The Bertz CT molecular complexity index is 1280. The van der Waals surface area contributed by atoms with E-state index in [4.69, 9.17) is 9.84 Å². The van der Waals surface area contributed by atoms with E-state index < -0.39 is 17.5 Å². The number of fused-ring (bicyclic) bond motifs is 1. The molecule has 0 spiro atoms. The van der Waals surface area contributed by atoms with Gasteiger partial charge in [0.05, 0.1) is 17.6 Å². The maximum absolute atomic E-state index is 14.3. The van der Waals surface area contributed by atoms with E-state index in [1.807, 2.05) is 6.07 Å². The molecule has 1 aromatic carbocycles. The molecule has 3 aromatic rings. The fraction of sp³-hybridized carbons (Fsp3) is 0.552. The van der Waals surface area contributed by atoms with Crippen LogP contribution in [0.25, 0.3) is 5.65 Å². The summed E-state index contributed by atoms with van der Waals surface area (Å²) in [5, 5.41) is 8.49. The number of benzene rings is 1. The summed E-state index contributed by atoms with van der Waals surface area (Å²) in [5.41, 5.74) is 1.63. The smallest absolute Gasteiger partial charge is 0.419 e. The largest absolute Gasteiger partial charge is 0.443 e. The molecule has 1 N–H and O–H groups in total. The van der Waals surface area contributed by atoms with Crippen molar-refractivity contribution in [3.05, 3.63) is 48.0 Å². The van der Waals surface area contributed by atoms with E-state index >= 15 is 0 Å². The lowest BCUT2D eigenvalue weighted by Crippen LogP contribution is -2.48. The van der Waals surface area contributed by atoms with E-state index in [0.29, 0.717) is 22.8 Å². The average Bonchev–Trinajstić information content (AvgIpc) is 3.22. The lowest BCUT2D eigenvalue weighted by Gasteiger charge is -2.41. The monoisotopic (exact) mass is 524 g/mol. The van der Waals surface area contributed by atoms with Crippen molar-refractivity contribution in [2.45, 2.75) is 91.3 Å². The zero-order chi connectivity index (χ0) is 27.8. The molecule has 1 saturated heterocycles. The molecule has 2 aromatic heterocycles. The fourth-order valence-electron chi connectivity index (χ4n) is 4.77. The van der Waals surface area contributed by atoms with Crippen LogP contribution in [-0.2, 0) is 4.74 Å². The highest BCUT2D eigenvalue weighted by Crippen LogP contribution is 2.34. The highest BCUT2D eigenvalue weighted by molar-refractivity contribution is 6.00. The van der Waals surface area contributed by atoms with Crippen LogP contribution in [-0.4, -0.2) is 55.9 Å². The number of likely N-dealkylation sites (tertiary alicyclic amines) is 1. The van der Waals surface area contributed by atoms with Crippen molar-refractivity contribution in [2.24, 2.45) is 0 Å². The van der Waals surface area contributed by atoms with E-state index in [-0.39, 0.29) is 17.5 Å². The van der Waals surface area contributed by atoms with Crippen LogP contribution in [0.15, 0.2) is 36.5 Å². The number of carbonyl (C=O) groups is 1. The molecular formula is C29H41FN6O2. The summed E-state index contributed by atoms with van der Waals surface area (Å²) in [6, 6.07) is 7.99. The Balaban J connectivity index is 1.79. The van der Waals surface area contributed by atoms with Crippen molar-refractivity contribution < 1.29 is 13.9 Å². The molecule has 4 rings (SSSR count). The van der Waals surface area contributed by atoms with Gasteiger partial charge in [-0.15, -0.1) is 5.10 Å². The molecule has 1 amide bonds. The Hall–Kier alpha value is -3.20. The first-order chi connectivity index (χ1) is 17.7. The van der Waals surface area contributed by atoms with Crippen molar-refractivity contribution in [2.75, 3.05) is 23.3 Å². The van der Waals surface area contributed by atoms with Gasteiger partial charge in [-0.1, -0.05) is 19.9 Å². The Morgan fingerprint density at radius 3 is 2.39 bits per heavy atom. The molecule has 206 valence electrons. The molecule has 0 saturated carbocycles. The van der Waals surface area contributed by atoms with Crippen molar-refractivity contribution >= 4 is 28.9 Å². The Kier molecular flexibility index (Phi) is 7.70. The number of hydrogen-bond donors (Lipinski definition) is 1. The zero-order valence-corrected chi connectivity index (χ0v) is 23.9. The number of nitrogens with one attached hydrogen (secondary N) is 1. The Morgan fingerprint density at radius 1 is 1.13 bits per heavy atom. The van der Waals surface area contributed by atoms with Crippen LogP contribution in [0.4, 0.5) is 26.4 Å². The second kappa shape index (κ2) is 10.5. The summed E-state index contributed by atoms with van der Waals surface area (Å²) in [6.07, 6.45) is 3.12. The number of piperidine rings is 1. The number of aromatic nitrogens is 3. The lowest BCUT2D eigenvalue weighted by atomic mass is 9.98. The van der Waals surface area contributed by atoms with Gasteiger partial charge in [-0.3, -0.25) is 4.90 Å². The van der Waals surface area contributed by atoms with Crippen LogP contribution in [0, 0.1) is 5.82 Å². The van der Waals surface area contributed by atoms with Gasteiger partial charge in [-0.25, -0.2) is 23.6 Å². The van der Waals surface area contributed by atoms with Gasteiger partial charge in [0.2, 0.25) is 0 Å². The predicted molar refractivity (Wildman–Crippen MR) is 150 cm³/mol. The van der Waals surface area contributed by atoms with Crippen LogP contribution in [0.2, 0.25) is 0 Å². The molecule has 1 aliphatic heterocycles. The van der Waals surface area contributed by atoms with Gasteiger partial charge in [-0.05, 0) is 78.5 Å². The van der Waals surface area contributed by atoms with Gasteiger partial charge < -0.3 is 10.1 Å². The molecule has 1 fully saturated rings. The van der Waals surface area contributed by atoms with Gasteiger partial charge in [0.15, 0.2) is 5.65 Å². The number of amides is 1. The number of ether oxygens (including phenoxy) is 1. The third kappa shape index (κ3) is 6.26. The molecule has 3 heterocycles. The van der Waals surface area contributed by atoms with Crippen LogP contribution < -0.4 is 10.2 Å². The second-order valence-electron chi connectivity index (χ2n) is 12.4. The molecule has 0 aliphatic carbocycles. The van der Waals surface area contributed by atoms with Gasteiger partial charge in [0, 0.05) is 30.7 Å². The van der Waals surface area contributed by atoms with Crippen molar-refractivity contribution in [1.82, 2.24) is 19.5 Å². The Morgan fingerprint density at radius 2 is 1.82 bits per heavy atom. The predicted octanol–water partition coefficient (Wildman–Crippen LogP) is 6.74. The van der Waals surface area contributed by atoms with Crippen molar-refractivity contribution in [3.63, 3.8) is 0 Å². The summed E-state index contributed by atoms with van der Waals surface area (Å²) in [7, 11) is 0.